The van der Waals surface area contributed by atoms with Crippen LogP contribution >= 0.6 is 0 Å². The first-order valence-corrected chi connectivity index (χ1v) is 7.34. The van der Waals surface area contributed by atoms with E-state index in [9.17, 15) is 0 Å². The molecule has 0 saturated heterocycles. The number of nitrogens with zero attached hydrogens (tertiary/aromatic N) is 1. The average molecular weight is 253 g/mol. The van der Waals surface area contributed by atoms with E-state index in [4.69, 9.17) is 16.3 Å². The van der Waals surface area contributed by atoms with Gasteiger partial charge < -0.3 is 5.11 Å². The molecule has 86 valence electrons. The van der Waals surface area contributed by atoms with Crippen LogP contribution in [0.3, 0.4) is 0 Å². The molecule has 1 aromatic rings. The molecule has 1 aliphatic heterocycles. The summed E-state index contributed by atoms with van der Waals surface area (Å²) in [6.07, 6.45) is 3.58. The number of rotatable bonds is 3. The summed E-state index contributed by atoms with van der Waals surface area (Å²) in [7, 11) is -0.0617. The van der Waals surface area contributed by atoms with Crippen LogP contribution in [-0.4, -0.2) is 17.3 Å². The molecule has 2 rings (SSSR count). The van der Waals surface area contributed by atoms with Crippen molar-refractivity contribution in [2.45, 2.75) is 12.8 Å². The van der Waals surface area contributed by atoms with Crippen molar-refractivity contribution in [2.75, 3.05) is 6.61 Å². The van der Waals surface area contributed by atoms with Gasteiger partial charge in [-0.1, -0.05) is 39.8 Å². The fourth-order valence-electron chi connectivity index (χ4n) is 1.15. The molecule has 16 heavy (non-hydrogen) atoms. The van der Waals surface area contributed by atoms with Gasteiger partial charge in [-0.2, -0.15) is 0 Å². The molecule has 1 unspecified atom stereocenters. The van der Waals surface area contributed by atoms with E-state index < -0.39 is 0 Å². The quantitative estimate of drug-likeness (QED) is 0.895. The zero-order valence-electron chi connectivity index (χ0n) is 8.95. The lowest BCUT2D eigenvalue weighted by atomic mass is 10.1. The summed E-state index contributed by atoms with van der Waals surface area (Å²) in [5.74, 6) is 0. The van der Waals surface area contributed by atoms with Crippen LogP contribution in [0.2, 0.25) is 0 Å². The third-order valence-corrected chi connectivity index (χ3v) is 3.22. The van der Waals surface area contributed by atoms with E-state index in [0.29, 0.717) is 0 Å². The zero-order chi connectivity index (χ0) is 11.6. The lowest BCUT2D eigenvalue weighted by Gasteiger charge is -1.96. The Balaban J connectivity index is 0.000000181. The number of aliphatic hydroxyl groups excluding tert-OH is 1. The molecule has 0 radical (unpaired) electrons. The minimum atomic E-state index is -0.0617. The summed E-state index contributed by atoms with van der Waals surface area (Å²) in [5.41, 5.74) is 3.06. The van der Waals surface area contributed by atoms with E-state index >= 15 is 0 Å². The first kappa shape index (κ1) is 13.2. The highest BCUT2D eigenvalue weighted by Gasteiger charge is 1.88. The molecule has 1 N–H and O–H groups in total. The highest BCUT2D eigenvalue weighted by Crippen LogP contribution is 2.00. The Kier molecular flexibility index (Phi) is 6.88. The Morgan fingerprint density at radius 3 is 2.44 bits per heavy atom. The summed E-state index contributed by atoms with van der Waals surface area (Å²) >= 11 is 4.79. The molecule has 1 aliphatic rings. The molecule has 0 saturated carbocycles. The van der Waals surface area contributed by atoms with Crippen LogP contribution in [0.5, 0.6) is 0 Å². The Bertz CT molecular complexity index is 360. The number of hydrogen-bond acceptors (Lipinski definition) is 3. The molecule has 0 bridgehead atoms. The lowest BCUT2D eigenvalue weighted by Crippen LogP contribution is -1.87. The van der Waals surface area contributed by atoms with Gasteiger partial charge in [0, 0.05) is 12.8 Å². The van der Waals surface area contributed by atoms with Gasteiger partial charge >= 0.3 is 0 Å². The predicted octanol–water partition coefficient (Wildman–Crippen LogP) is 2.19. The molecular weight excluding hydrogens is 238 g/mol. The van der Waals surface area contributed by atoms with Crippen molar-refractivity contribution in [1.82, 2.24) is 0 Å². The second-order valence-corrected chi connectivity index (χ2v) is 5.48. The number of hydrogen-bond donors (Lipinski definition) is 1. The molecule has 0 aromatic heterocycles. The normalized spacial score (nSPS) is 16.9. The number of benzene rings is 1. The van der Waals surface area contributed by atoms with Gasteiger partial charge in [0.05, 0.1) is 5.55 Å². The molecule has 2 nitrogen and oxygen atoms in total. The van der Waals surface area contributed by atoms with Crippen LogP contribution in [0.1, 0.15) is 12.0 Å². The maximum Gasteiger partial charge on any atom is 0.0681 e. The Morgan fingerprint density at radius 2 is 2.00 bits per heavy atom. The summed E-state index contributed by atoms with van der Waals surface area (Å²) < 4.78 is 0. The SMILES string of the molecule is OCCCc1ccccc1.S=S1C=CN=C1. The molecule has 0 spiro atoms. The molecule has 0 fully saturated rings. The van der Waals surface area contributed by atoms with Crippen LogP contribution in [0.4, 0.5) is 0 Å². The predicted molar refractivity (Wildman–Crippen MR) is 74.2 cm³/mol. The Hall–Kier alpha value is -0.840. The van der Waals surface area contributed by atoms with Gasteiger partial charge in [-0.15, -0.1) is 0 Å². The van der Waals surface area contributed by atoms with Crippen LogP contribution in [0, 0.1) is 0 Å². The van der Waals surface area contributed by atoms with Crippen LogP contribution in [-0.2, 0) is 27.1 Å². The summed E-state index contributed by atoms with van der Waals surface area (Å²) in [6.45, 7) is 0.287. The molecule has 0 aliphatic carbocycles. The summed E-state index contributed by atoms with van der Waals surface area (Å²) in [6, 6.07) is 10.2. The topological polar surface area (TPSA) is 32.6 Å². The second kappa shape index (κ2) is 8.33. The summed E-state index contributed by atoms with van der Waals surface area (Å²) in [4.78, 5) is 3.77. The fraction of sp³-hybridized carbons (Fsp3) is 0.250. The molecule has 0 amide bonds. The van der Waals surface area contributed by atoms with Gasteiger partial charge in [-0.3, -0.25) is 4.99 Å². The van der Waals surface area contributed by atoms with Gasteiger partial charge in [0.25, 0.3) is 0 Å². The molecule has 1 heterocycles. The van der Waals surface area contributed by atoms with Crippen molar-refractivity contribution in [3.05, 3.63) is 47.5 Å². The zero-order valence-corrected chi connectivity index (χ0v) is 10.6. The lowest BCUT2D eigenvalue weighted by molar-refractivity contribution is 0.288. The van der Waals surface area contributed by atoms with E-state index in [0.717, 1.165) is 12.8 Å². The third-order valence-electron chi connectivity index (χ3n) is 1.91. The third kappa shape index (κ3) is 5.90. The number of aryl methyl sites for hydroxylation is 1. The smallest absolute Gasteiger partial charge is 0.0681 e. The van der Waals surface area contributed by atoms with Crippen molar-refractivity contribution in [1.29, 1.82) is 0 Å². The van der Waals surface area contributed by atoms with Crippen molar-refractivity contribution in [2.24, 2.45) is 4.99 Å². The second-order valence-electron chi connectivity index (χ2n) is 3.18. The van der Waals surface area contributed by atoms with Crippen molar-refractivity contribution in [3.8, 4) is 0 Å². The minimum absolute atomic E-state index is 0.0617. The maximum absolute atomic E-state index is 8.53. The Morgan fingerprint density at radius 1 is 1.25 bits per heavy atom. The first-order valence-electron chi connectivity index (χ1n) is 5.07. The molecular formula is C12H15NOS2. The molecule has 1 atom stereocenters. The maximum atomic E-state index is 8.53. The van der Waals surface area contributed by atoms with Gasteiger partial charge in [0.2, 0.25) is 0 Å². The average Bonchev–Trinajstić information content (AvgIpc) is 2.80. The van der Waals surface area contributed by atoms with E-state index in [1.807, 2.05) is 23.6 Å². The fourth-order valence-corrected chi connectivity index (χ4v) is 1.90. The standard InChI is InChI=1S/C9H12O.C3H3NS2/c10-8-4-7-9-5-2-1-3-6-9;5-6-2-1-4-3-6/h1-3,5-6,10H,4,7-8H2;1-3H. The first-order chi connectivity index (χ1) is 7.83. The van der Waals surface area contributed by atoms with Crippen LogP contribution in [0.25, 0.3) is 0 Å². The monoisotopic (exact) mass is 253 g/mol. The van der Waals surface area contributed by atoms with Gasteiger partial charge in [0.15, 0.2) is 0 Å². The molecule has 1 aromatic carbocycles. The van der Waals surface area contributed by atoms with E-state index in [-0.39, 0.29) is 16.1 Å². The number of aliphatic imine (C=N–C) groups is 1. The highest BCUT2D eigenvalue weighted by atomic mass is 32.8. The van der Waals surface area contributed by atoms with E-state index in [2.05, 4.69) is 17.1 Å². The van der Waals surface area contributed by atoms with Gasteiger partial charge in [-0.05, 0) is 35.0 Å². The van der Waals surface area contributed by atoms with E-state index in [1.54, 1.807) is 11.7 Å². The van der Waals surface area contributed by atoms with Crippen LogP contribution in [0.15, 0.2) is 46.9 Å². The minimum Gasteiger partial charge on any atom is -0.396 e. The highest BCUT2D eigenvalue weighted by molar-refractivity contribution is 8.38. The van der Waals surface area contributed by atoms with Crippen molar-refractivity contribution < 1.29 is 5.11 Å². The Labute approximate surface area is 103 Å². The number of aliphatic hydroxyl groups is 1. The van der Waals surface area contributed by atoms with Crippen LogP contribution < -0.4 is 0 Å². The van der Waals surface area contributed by atoms with Gasteiger partial charge in [0.1, 0.15) is 0 Å². The molecule has 4 heteroatoms. The van der Waals surface area contributed by atoms with Crippen molar-refractivity contribution >= 4 is 26.2 Å². The summed E-state index contributed by atoms with van der Waals surface area (Å²) in [5, 5.41) is 10.4. The largest absolute Gasteiger partial charge is 0.396 e. The van der Waals surface area contributed by atoms with Gasteiger partial charge in [-0.25, -0.2) is 0 Å². The van der Waals surface area contributed by atoms with Crippen molar-refractivity contribution in [3.63, 3.8) is 0 Å². The van der Waals surface area contributed by atoms with E-state index in [1.165, 1.54) is 5.56 Å².